The molecule has 2 aromatic rings. The molecule has 1 atom stereocenters. The lowest BCUT2D eigenvalue weighted by Gasteiger charge is -2.05. The molecule has 0 heterocycles. The van der Waals surface area contributed by atoms with E-state index in [1.165, 1.54) is 6.92 Å². The van der Waals surface area contributed by atoms with Gasteiger partial charge in [-0.3, -0.25) is 4.79 Å². The van der Waals surface area contributed by atoms with Crippen molar-refractivity contribution in [3.8, 4) is 5.75 Å². The third-order valence-electron chi connectivity index (χ3n) is 2.36. The molecule has 0 aliphatic rings. The van der Waals surface area contributed by atoms with Gasteiger partial charge >= 0.3 is 5.97 Å². The molecule has 0 saturated heterocycles. The van der Waals surface area contributed by atoms with E-state index in [2.05, 4.69) is 0 Å². The second kappa shape index (κ2) is 8.85. The van der Waals surface area contributed by atoms with Crippen LogP contribution in [0.5, 0.6) is 5.75 Å². The number of aliphatic hydroxyl groups excluding tert-OH is 2. The first-order chi connectivity index (χ1) is 9.63. The molecule has 0 aliphatic heterocycles. The molecule has 0 spiro atoms. The van der Waals surface area contributed by atoms with E-state index < -0.39 is 6.10 Å². The van der Waals surface area contributed by atoms with Crippen LogP contribution in [0, 0.1) is 0 Å². The molecule has 0 radical (unpaired) electrons. The SMILES string of the molecule is CC(=O)Oc1ccccc1.OCC(O)c1ccccc1. The second-order valence-electron chi connectivity index (χ2n) is 4.02. The molecule has 2 N–H and O–H groups in total. The number of para-hydroxylation sites is 1. The summed E-state index contributed by atoms with van der Waals surface area (Å²) < 4.78 is 4.78. The van der Waals surface area contributed by atoms with Gasteiger partial charge in [-0.2, -0.15) is 0 Å². The molecule has 106 valence electrons. The predicted octanol–water partition coefficient (Wildman–Crippen LogP) is 2.32. The average Bonchev–Trinajstić information content (AvgIpc) is 2.48. The highest BCUT2D eigenvalue weighted by Gasteiger charge is 2.02. The topological polar surface area (TPSA) is 66.8 Å². The molecule has 0 amide bonds. The molecule has 20 heavy (non-hydrogen) atoms. The number of hydrogen-bond acceptors (Lipinski definition) is 4. The van der Waals surface area contributed by atoms with Crippen molar-refractivity contribution in [1.82, 2.24) is 0 Å². The molecular weight excluding hydrogens is 256 g/mol. The van der Waals surface area contributed by atoms with Crippen LogP contribution in [0.3, 0.4) is 0 Å². The Hall–Kier alpha value is -2.17. The molecule has 2 aromatic carbocycles. The van der Waals surface area contributed by atoms with Crippen LogP contribution in [-0.4, -0.2) is 22.8 Å². The van der Waals surface area contributed by atoms with Gasteiger partial charge in [-0.25, -0.2) is 0 Å². The molecular formula is C16H18O4. The van der Waals surface area contributed by atoms with Crippen LogP contribution < -0.4 is 4.74 Å². The highest BCUT2D eigenvalue weighted by atomic mass is 16.5. The summed E-state index contributed by atoms with van der Waals surface area (Å²) >= 11 is 0. The molecule has 4 nitrogen and oxygen atoms in total. The molecule has 0 aliphatic carbocycles. The van der Waals surface area contributed by atoms with Gasteiger partial charge < -0.3 is 14.9 Å². The van der Waals surface area contributed by atoms with Gasteiger partial charge in [-0.15, -0.1) is 0 Å². The zero-order chi connectivity index (χ0) is 14.8. The third-order valence-corrected chi connectivity index (χ3v) is 2.36. The number of rotatable bonds is 3. The van der Waals surface area contributed by atoms with E-state index in [1.807, 2.05) is 36.4 Å². The van der Waals surface area contributed by atoms with Crippen molar-refractivity contribution in [2.45, 2.75) is 13.0 Å². The third kappa shape index (κ3) is 6.13. The smallest absolute Gasteiger partial charge is 0.308 e. The van der Waals surface area contributed by atoms with Crippen LogP contribution in [0.4, 0.5) is 0 Å². The van der Waals surface area contributed by atoms with Crippen molar-refractivity contribution in [3.63, 3.8) is 0 Å². The zero-order valence-electron chi connectivity index (χ0n) is 11.3. The van der Waals surface area contributed by atoms with Crippen LogP contribution in [-0.2, 0) is 4.79 Å². The van der Waals surface area contributed by atoms with Crippen LogP contribution in [0.25, 0.3) is 0 Å². The van der Waals surface area contributed by atoms with Gasteiger partial charge in [0.15, 0.2) is 0 Å². The van der Waals surface area contributed by atoms with Crippen molar-refractivity contribution in [3.05, 3.63) is 66.2 Å². The molecule has 4 heteroatoms. The summed E-state index contributed by atoms with van der Waals surface area (Å²) in [6.07, 6.45) is -0.735. The summed E-state index contributed by atoms with van der Waals surface area (Å²) in [6.45, 7) is 1.16. The van der Waals surface area contributed by atoms with Crippen molar-refractivity contribution in [1.29, 1.82) is 0 Å². The lowest BCUT2D eigenvalue weighted by atomic mass is 10.1. The maximum Gasteiger partial charge on any atom is 0.308 e. The molecule has 2 rings (SSSR count). The monoisotopic (exact) mass is 274 g/mol. The van der Waals surface area contributed by atoms with Gasteiger partial charge in [0.2, 0.25) is 0 Å². The van der Waals surface area contributed by atoms with E-state index in [4.69, 9.17) is 14.9 Å². The minimum atomic E-state index is -0.735. The summed E-state index contributed by atoms with van der Waals surface area (Å²) in [5.74, 6) is 0.307. The Balaban J connectivity index is 0.000000200. The molecule has 0 fully saturated rings. The van der Waals surface area contributed by atoms with E-state index >= 15 is 0 Å². The first-order valence-electron chi connectivity index (χ1n) is 6.21. The van der Waals surface area contributed by atoms with Crippen LogP contribution >= 0.6 is 0 Å². The highest BCUT2D eigenvalue weighted by Crippen LogP contribution is 2.09. The number of carbonyl (C=O) groups is 1. The highest BCUT2D eigenvalue weighted by molar-refractivity contribution is 5.69. The Morgan fingerprint density at radius 1 is 1.05 bits per heavy atom. The summed E-state index contributed by atoms with van der Waals surface area (Å²) in [5.41, 5.74) is 0.755. The fourth-order valence-corrected chi connectivity index (χ4v) is 1.44. The Bertz CT molecular complexity index is 496. The van der Waals surface area contributed by atoms with Gasteiger partial charge in [0.05, 0.1) is 6.61 Å². The lowest BCUT2D eigenvalue weighted by molar-refractivity contribution is -0.131. The largest absolute Gasteiger partial charge is 0.427 e. The van der Waals surface area contributed by atoms with Crippen molar-refractivity contribution in [2.75, 3.05) is 6.61 Å². The summed E-state index contributed by atoms with van der Waals surface area (Å²) in [6, 6.07) is 18.1. The fourth-order valence-electron chi connectivity index (χ4n) is 1.44. The number of carbonyl (C=O) groups excluding carboxylic acids is 1. The Morgan fingerprint density at radius 3 is 2.00 bits per heavy atom. The Morgan fingerprint density at radius 2 is 1.55 bits per heavy atom. The van der Waals surface area contributed by atoms with Crippen LogP contribution in [0.2, 0.25) is 0 Å². The van der Waals surface area contributed by atoms with Gasteiger partial charge in [-0.05, 0) is 17.7 Å². The average molecular weight is 274 g/mol. The maximum atomic E-state index is 10.4. The normalized spacial score (nSPS) is 10.9. The molecule has 0 bridgehead atoms. The minimum Gasteiger partial charge on any atom is -0.427 e. The number of ether oxygens (including phenoxy) is 1. The van der Waals surface area contributed by atoms with Crippen molar-refractivity contribution < 1.29 is 19.7 Å². The van der Waals surface area contributed by atoms with E-state index in [-0.39, 0.29) is 12.6 Å². The minimum absolute atomic E-state index is 0.218. The summed E-state index contributed by atoms with van der Waals surface area (Å²) in [4.78, 5) is 10.4. The lowest BCUT2D eigenvalue weighted by Crippen LogP contribution is -2.01. The van der Waals surface area contributed by atoms with Crippen molar-refractivity contribution in [2.24, 2.45) is 0 Å². The Labute approximate surface area is 118 Å². The van der Waals surface area contributed by atoms with E-state index in [0.29, 0.717) is 5.75 Å². The van der Waals surface area contributed by atoms with Gasteiger partial charge in [0, 0.05) is 6.92 Å². The fraction of sp³-hybridized carbons (Fsp3) is 0.188. The van der Waals surface area contributed by atoms with Crippen molar-refractivity contribution >= 4 is 5.97 Å². The molecule has 0 saturated carbocycles. The van der Waals surface area contributed by atoms with Gasteiger partial charge in [0.1, 0.15) is 11.9 Å². The van der Waals surface area contributed by atoms with Gasteiger partial charge in [-0.1, -0.05) is 48.5 Å². The first-order valence-corrected chi connectivity index (χ1v) is 6.21. The Kier molecular flexibility index (Phi) is 7.03. The first kappa shape index (κ1) is 15.9. The zero-order valence-corrected chi connectivity index (χ0v) is 11.3. The second-order valence-corrected chi connectivity index (χ2v) is 4.02. The number of benzene rings is 2. The van der Waals surface area contributed by atoms with Gasteiger partial charge in [0.25, 0.3) is 0 Å². The summed E-state index contributed by atoms with van der Waals surface area (Å²) in [7, 11) is 0. The van der Waals surface area contributed by atoms with E-state index in [1.54, 1.807) is 24.3 Å². The number of aliphatic hydroxyl groups is 2. The standard InChI is InChI=1S/C8H8O2.C8H10O2/c1-7(9)10-8-5-3-2-4-6-8;9-6-8(10)7-4-2-1-3-5-7/h2-6H,1H3;1-5,8-10H,6H2. The summed E-state index contributed by atoms with van der Waals surface area (Å²) in [5, 5.41) is 17.6. The number of esters is 1. The molecule has 0 aromatic heterocycles. The predicted molar refractivity (Wildman–Crippen MR) is 76.2 cm³/mol. The maximum absolute atomic E-state index is 10.4. The number of hydrogen-bond donors (Lipinski definition) is 2. The van der Waals surface area contributed by atoms with Crippen LogP contribution in [0.15, 0.2) is 60.7 Å². The quantitative estimate of drug-likeness (QED) is 0.666. The van der Waals surface area contributed by atoms with Crippen LogP contribution in [0.1, 0.15) is 18.6 Å². The van der Waals surface area contributed by atoms with E-state index in [0.717, 1.165) is 5.56 Å². The van der Waals surface area contributed by atoms with E-state index in [9.17, 15) is 4.79 Å². The molecule has 1 unspecified atom stereocenters.